The molecule has 0 aromatic heterocycles. The third-order valence-corrected chi connectivity index (χ3v) is 2.87. The topological polar surface area (TPSA) is 99.1 Å². The molecule has 0 aliphatic rings. The van der Waals surface area contributed by atoms with E-state index in [9.17, 15) is 9.90 Å². The number of nitrogen functional groups attached to an aromatic ring is 1. The van der Waals surface area contributed by atoms with Gasteiger partial charge in [-0.05, 0) is 48.9 Å². The maximum Gasteiger partial charge on any atom is 0.255 e. The number of rotatable bonds is 2. The van der Waals surface area contributed by atoms with Crippen LogP contribution in [0.25, 0.3) is 0 Å². The van der Waals surface area contributed by atoms with Crippen LogP contribution in [0.1, 0.15) is 21.5 Å². The number of hydrogen-bond acceptors (Lipinski definition) is 4. The van der Waals surface area contributed by atoms with Crippen molar-refractivity contribution in [2.24, 2.45) is 0 Å². The van der Waals surface area contributed by atoms with Crippen LogP contribution in [0.2, 0.25) is 0 Å². The molecule has 0 saturated carbocycles. The van der Waals surface area contributed by atoms with Gasteiger partial charge in [0, 0.05) is 11.3 Å². The Bertz CT molecular complexity index is 718. The Balaban J connectivity index is 2.31. The van der Waals surface area contributed by atoms with Crippen molar-refractivity contribution < 1.29 is 9.90 Å². The normalized spacial score (nSPS) is 9.80. The summed E-state index contributed by atoms with van der Waals surface area (Å²) < 4.78 is 0. The molecule has 0 spiro atoms. The van der Waals surface area contributed by atoms with Crippen LogP contribution in [0.5, 0.6) is 5.75 Å². The van der Waals surface area contributed by atoms with Gasteiger partial charge in [-0.3, -0.25) is 4.79 Å². The van der Waals surface area contributed by atoms with Crippen LogP contribution < -0.4 is 11.1 Å². The Kier molecular flexibility index (Phi) is 3.58. The van der Waals surface area contributed by atoms with Crippen molar-refractivity contribution >= 4 is 17.3 Å². The lowest BCUT2D eigenvalue weighted by atomic mass is 10.1. The molecule has 0 heterocycles. The summed E-state index contributed by atoms with van der Waals surface area (Å²) in [5.41, 5.74) is 7.84. The van der Waals surface area contributed by atoms with Gasteiger partial charge in [-0.15, -0.1) is 0 Å². The van der Waals surface area contributed by atoms with Crippen LogP contribution in [0.15, 0.2) is 36.4 Å². The van der Waals surface area contributed by atoms with E-state index in [1.807, 2.05) is 6.07 Å². The highest BCUT2D eigenvalue weighted by molar-refractivity contribution is 6.06. The lowest BCUT2D eigenvalue weighted by molar-refractivity contribution is 0.102. The Morgan fingerprint density at radius 1 is 1.30 bits per heavy atom. The summed E-state index contributed by atoms with van der Waals surface area (Å²) in [5.74, 6) is -0.243. The monoisotopic (exact) mass is 267 g/mol. The summed E-state index contributed by atoms with van der Waals surface area (Å²) in [7, 11) is 0. The number of hydrogen-bond donors (Lipinski definition) is 3. The number of phenolic OH excluding ortho intramolecular Hbond substituents is 1. The molecule has 0 saturated heterocycles. The first-order valence-electron chi connectivity index (χ1n) is 5.92. The molecular weight excluding hydrogens is 254 g/mol. The van der Waals surface area contributed by atoms with Crippen molar-refractivity contribution in [3.8, 4) is 11.8 Å². The summed E-state index contributed by atoms with van der Waals surface area (Å²) in [6, 6.07) is 11.2. The molecule has 2 aromatic carbocycles. The third kappa shape index (κ3) is 2.70. The first-order chi connectivity index (χ1) is 9.51. The van der Waals surface area contributed by atoms with Crippen LogP contribution >= 0.6 is 0 Å². The lowest BCUT2D eigenvalue weighted by Crippen LogP contribution is -2.14. The second kappa shape index (κ2) is 5.33. The van der Waals surface area contributed by atoms with Crippen molar-refractivity contribution in [3.63, 3.8) is 0 Å². The minimum atomic E-state index is -0.344. The molecule has 4 N–H and O–H groups in total. The second-order valence-corrected chi connectivity index (χ2v) is 4.37. The van der Waals surface area contributed by atoms with E-state index in [1.54, 1.807) is 19.1 Å². The average Bonchev–Trinajstić information content (AvgIpc) is 2.40. The largest absolute Gasteiger partial charge is 0.508 e. The summed E-state index contributed by atoms with van der Waals surface area (Å²) in [4.78, 5) is 12.2. The molecule has 20 heavy (non-hydrogen) atoms. The van der Waals surface area contributed by atoms with Gasteiger partial charge in [0.1, 0.15) is 11.8 Å². The van der Waals surface area contributed by atoms with Crippen molar-refractivity contribution in [3.05, 3.63) is 53.1 Å². The van der Waals surface area contributed by atoms with E-state index in [4.69, 9.17) is 11.0 Å². The van der Waals surface area contributed by atoms with Crippen LogP contribution in [-0.4, -0.2) is 11.0 Å². The molecule has 0 bridgehead atoms. The van der Waals surface area contributed by atoms with Gasteiger partial charge in [0.05, 0.1) is 11.3 Å². The lowest BCUT2D eigenvalue weighted by Gasteiger charge is -2.09. The van der Waals surface area contributed by atoms with Crippen molar-refractivity contribution in [1.82, 2.24) is 0 Å². The smallest absolute Gasteiger partial charge is 0.255 e. The number of aryl methyl sites for hydroxylation is 1. The molecule has 0 fully saturated rings. The first kappa shape index (κ1) is 13.4. The molecule has 5 heteroatoms. The van der Waals surface area contributed by atoms with E-state index >= 15 is 0 Å². The summed E-state index contributed by atoms with van der Waals surface area (Å²) >= 11 is 0. The Labute approximate surface area is 116 Å². The van der Waals surface area contributed by atoms with E-state index in [2.05, 4.69) is 5.32 Å². The maximum atomic E-state index is 12.2. The van der Waals surface area contributed by atoms with E-state index < -0.39 is 0 Å². The number of aromatic hydroxyl groups is 1. The number of amides is 1. The van der Waals surface area contributed by atoms with Gasteiger partial charge in [-0.25, -0.2) is 0 Å². The molecule has 5 nitrogen and oxygen atoms in total. The van der Waals surface area contributed by atoms with Gasteiger partial charge in [-0.2, -0.15) is 5.26 Å². The fourth-order valence-electron chi connectivity index (χ4n) is 1.86. The third-order valence-electron chi connectivity index (χ3n) is 2.87. The molecule has 2 rings (SSSR count). The molecule has 0 aliphatic carbocycles. The molecule has 0 atom stereocenters. The van der Waals surface area contributed by atoms with Crippen LogP contribution in [-0.2, 0) is 0 Å². The molecule has 0 unspecified atom stereocenters. The highest BCUT2D eigenvalue weighted by Gasteiger charge is 2.12. The van der Waals surface area contributed by atoms with Gasteiger partial charge in [0.15, 0.2) is 0 Å². The van der Waals surface area contributed by atoms with Gasteiger partial charge in [0.2, 0.25) is 0 Å². The van der Waals surface area contributed by atoms with Crippen LogP contribution in [0.4, 0.5) is 11.4 Å². The van der Waals surface area contributed by atoms with Crippen molar-refractivity contribution in [1.29, 1.82) is 5.26 Å². The summed E-state index contributed by atoms with van der Waals surface area (Å²) in [5, 5.41) is 21.0. The number of carbonyl (C=O) groups excluding carboxylic acids is 1. The highest BCUT2D eigenvalue weighted by atomic mass is 16.3. The van der Waals surface area contributed by atoms with Crippen LogP contribution in [0.3, 0.4) is 0 Å². The standard InChI is InChI=1S/C15H13N3O2/c1-9-6-12(19)3-4-13(9)15(20)18-14-5-2-11(17)7-10(14)8-16/h2-7,19H,17H2,1H3,(H,18,20). The molecular formula is C15H13N3O2. The minimum Gasteiger partial charge on any atom is -0.508 e. The van der Waals surface area contributed by atoms with Gasteiger partial charge in [-0.1, -0.05) is 0 Å². The van der Waals surface area contributed by atoms with Crippen molar-refractivity contribution in [2.45, 2.75) is 6.92 Å². The maximum absolute atomic E-state index is 12.2. The zero-order chi connectivity index (χ0) is 14.7. The second-order valence-electron chi connectivity index (χ2n) is 4.37. The zero-order valence-corrected chi connectivity index (χ0v) is 10.8. The van der Waals surface area contributed by atoms with Gasteiger partial charge in [0.25, 0.3) is 5.91 Å². The average molecular weight is 267 g/mol. The highest BCUT2D eigenvalue weighted by Crippen LogP contribution is 2.21. The molecule has 0 aliphatic heterocycles. The molecule has 0 radical (unpaired) electrons. The molecule has 100 valence electrons. The van der Waals surface area contributed by atoms with Crippen LogP contribution in [0, 0.1) is 18.3 Å². The fourth-order valence-corrected chi connectivity index (χ4v) is 1.86. The van der Waals surface area contributed by atoms with Crippen molar-refractivity contribution in [2.75, 3.05) is 11.1 Å². The number of anilines is 2. The number of nitriles is 1. The van der Waals surface area contributed by atoms with E-state index in [0.29, 0.717) is 28.1 Å². The predicted octanol–water partition coefficient (Wildman–Crippen LogP) is 2.41. The number of nitrogens with two attached hydrogens (primary N) is 1. The van der Waals surface area contributed by atoms with Gasteiger partial charge < -0.3 is 16.2 Å². The number of carbonyl (C=O) groups is 1. The summed E-state index contributed by atoms with van der Waals surface area (Å²) in [6.07, 6.45) is 0. The SMILES string of the molecule is Cc1cc(O)ccc1C(=O)Nc1ccc(N)cc1C#N. The fraction of sp³-hybridized carbons (Fsp3) is 0.0667. The number of benzene rings is 2. The zero-order valence-electron chi connectivity index (χ0n) is 10.8. The van der Waals surface area contributed by atoms with E-state index in [1.165, 1.54) is 24.3 Å². The van der Waals surface area contributed by atoms with Gasteiger partial charge >= 0.3 is 0 Å². The quantitative estimate of drug-likeness (QED) is 0.727. The number of nitrogens with zero attached hydrogens (tertiary/aromatic N) is 1. The molecule has 1 amide bonds. The predicted molar refractivity (Wildman–Crippen MR) is 76.4 cm³/mol. The Morgan fingerprint density at radius 3 is 2.70 bits per heavy atom. The first-order valence-corrected chi connectivity index (χ1v) is 5.92. The number of phenols is 1. The Hall–Kier alpha value is -3.00. The Morgan fingerprint density at radius 2 is 2.05 bits per heavy atom. The number of nitrogens with one attached hydrogen (secondary N) is 1. The minimum absolute atomic E-state index is 0.101. The molecule has 2 aromatic rings. The van der Waals surface area contributed by atoms with E-state index in [-0.39, 0.29) is 11.7 Å². The summed E-state index contributed by atoms with van der Waals surface area (Å²) in [6.45, 7) is 1.73. The van der Waals surface area contributed by atoms with E-state index in [0.717, 1.165) is 0 Å².